The van der Waals surface area contributed by atoms with E-state index in [-0.39, 0.29) is 18.3 Å². The summed E-state index contributed by atoms with van der Waals surface area (Å²) in [6.07, 6.45) is 0.289. The molecule has 1 aliphatic heterocycles. The number of hydrogen-bond acceptors (Lipinski definition) is 4. The molecule has 0 saturated carbocycles. The van der Waals surface area contributed by atoms with E-state index in [1.807, 2.05) is 27.7 Å². The first-order valence-electron chi connectivity index (χ1n) is 7.32. The lowest BCUT2D eigenvalue weighted by molar-refractivity contribution is -0.131. The number of Topliss-reactive ketones (excluding diaryl/α,β-unsaturated/α-hetero) is 1. The maximum atomic E-state index is 12.0. The van der Waals surface area contributed by atoms with Crippen LogP contribution < -0.4 is 15.2 Å². The first-order valence-corrected chi connectivity index (χ1v) is 7.70. The maximum absolute atomic E-state index is 12.0. The van der Waals surface area contributed by atoms with Crippen LogP contribution >= 0.6 is 11.6 Å². The Labute approximate surface area is 132 Å². The Morgan fingerprint density at radius 2 is 2.00 bits per heavy atom. The fourth-order valence-electron chi connectivity index (χ4n) is 1.70. The molecule has 5 heteroatoms. The summed E-state index contributed by atoms with van der Waals surface area (Å²) in [6.45, 7) is 8.16. The second-order valence-electron chi connectivity index (χ2n) is 4.22. The quantitative estimate of drug-likeness (QED) is 0.924. The van der Waals surface area contributed by atoms with Gasteiger partial charge >= 0.3 is 0 Å². The van der Waals surface area contributed by atoms with Crippen LogP contribution in [0.25, 0.3) is 0 Å². The SMILES string of the molecule is CC.CCC(C)C(=O)C1COc2ccc(Cl)cc2O1.CN. The van der Waals surface area contributed by atoms with Gasteiger partial charge in [-0.15, -0.1) is 0 Å². The summed E-state index contributed by atoms with van der Waals surface area (Å²) < 4.78 is 11.1. The Balaban J connectivity index is 0.000000921. The minimum Gasteiger partial charge on any atom is -0.485 e. The van der Waals surface area contributed by atoms with Gasteiger partial charge in [0.05, 0.1) is 0 Å². The topological polar surface area (TPSA) is 61.5 Å². The van der Waals surface area contributed by atoms with Crippen molar-refractivity contribution in [1.82, 2.24) is 0 Å². The first kappa shape index (κ1) is 19.7. The highest BCUT2D eigenvalue weighted by Crippen LogP contribution is 2.34. The minimum absolute atomic E-state index is 0.00988. The number of hydrogen-bond donors (Lipinski definition) is 1. The van der Waals surface area contributed by atoms with Gasteiger partial charge in [0.1, 0.15) is 6.61 Å². The van der Waals surface area contributed by atoms with Crippen LogP contribution in [0.3, 0.4) is 0 Å². The van der Waals surface area contributed by atoms with Crippen LogP contribution in [0.2, 0.25) is 5.02 Å². The van der Waals surface area contributed by atoms with Gasteiger partial charge in [-0.3, -0.25) is 4.79 Å². The molecule has 21 heavy (non-hydrogen) atoms. The van der Waals surface area contributed by atoms with Gasteiger partial charge in [0.2, 0.25) is 0 Å². The molecule has 4 nitrogen and oxygen atoms in total. The fraction of sp³-hybridized carbons (Fsp3) is 0.562. The van der Waals surface area contributed by atoms with Crippen molar-refractivity contribution in [2.75, 3.05) is 13.7 Å². The molecule has 0 bridgehead atoms. The number of carbonyl (C=O) groups is 1. The molecule has 2 N–H and O–H groups in total. The molecule has 0 spiro atoms. The third-order valence-electron chi connectivity index (χ3n) is 2.98. The summed E-state index contributed by atoms with van der Waals surface area (Å²) >= 11 is 5.87. The fourth-order valence-corrected chi connectivity index (χ4v) is 1.87. The van der Waals surface area contributed by atoms with Crippen LogP contribution in [-0.4, -0.2) is 25.5 Å². The van der Waals surface area contributed by atoms with E-state index in [0.717, 1.165) is 6.42 Å². The molecule has 1 aromatic carbocycles. The predicted octanol–water partition coefficient (Wildman–Crippen LogP) is 3.70. The Morgan fingerprint density at radius 1 is 1.38 bits per heavy atom. The van der Waals surface area contributed by atoms with E-state index in [4.69, 9.17) is 21.1 Å². The second kappa shape index (κ2) is 10.5. The van der Waals surface area contributed by atoms with Crippen LogP contribution in [0.5, 0.6) is 11.5 Å². The second-order valence-corrected chi connectivity index (χ2v) is 4.66. The van der Waals surface area contributed by atoms with Crippen LogP contribution in [0.15, 0.2) is 18.2 Å². The van der Waals surface area contributed by atoms with Crippen LogP contribution in [-0.2, 0) is 4.79 Å². The normalized spacial score (nSPS) is 16.6. The molecule has 1 aliphatic rings. The summed E-state index contributed by atoms with van der Waals surface area (Å²) in [5, 5.41) is 0.573. The van der Waals surface area contributed by atoms with Gasteiger partial charge in [-0.1, -0.05) is 39.3 Å². The zero-order chi connectivity index (χ0) is 16.4. The lowest BCUT2D eigenvalue weighted by Crippen LogP contribution is -2.39. The van der Waals surface area contributed by atoms with Crippen molar-refractivity contribution in [3.63, 3.8) is 0 Å². The van der Waals surface area contributed by atoms with E-state index in [9.17, 15) is 4.79 Å². The molecule has 0 aliphatic carbocycles. The summed E-state index contributed by atoms with van der Waals surface area (Å²) in [5.41, 5.74) is 4.50. The zero-order valence-electron chi connectivity index (χ0n) is 13.5. The van der Waals surface area contributed by atoms with Gasteiger partial charge < -0.3 is 15.2 Å². The van der Waals surface area contributed by atoms with Crippen molar-refractivity contribution < 1.29 is 14.3 Å². The smallest absolute Gasteiger partial charge is 0.191 e. The standard InChI is InChI=1S/C13H15ClO3.C2H6.CH5N/c1-3-8(2)13(15)12-7-16-10-5-4-9(14)6-11(10)17-12;2*1-2/h4-6,8,12H,3,7H2,1-2H3;1-2H3;2H2,1H3. The monoisotopic (exact) mass is 315 g/mol. The molecule has 0 fully saturated rings. The molecular formula is C16H26ClNO3. The highest BCUT2D eigenvalue weighted by atomic mass is 35.5. The van der Waals surface area contributed by atoms with E-state index >= 15 is 0 Å². The van der Waals surface area contributed by atoms with E-state index in [1.54, 1.807) is 18.2 Å². The van der Waals surface area contributed by atoms with Gasteiger partial charge in [0.15, 0.2) is 23.4 Å². The number of ketones is 1. The van der Waals surface area contributed by atoms with E-state index in [0.29, 0.717) is 16.5 Å². The van der Waals surface area contributed by atoms with E-state index in [1.165, 1.54) is 7.05 Å². The maximum Gasteiger partial charge on any atom is 0.191 e. The highest BCUT2D eigenvalue weighted by Gasteiger charge is 2.29. The molecule has 120 valence electrons. The molecule has 1 aromatic rings. The molecule has 0 radical (unpaired) electrons. The van der Waals surface area contributed by atoms with E-state index in [2.05, 4.69) is 5.73 Å². The van der Waals surface area contributed by atoms with Crippen molar-refractivity contribution in [2.45, 2.75) is 40.2 Å². The van der Waals surface area contributed by atoms with Crippen LogP contribution in [0, 0.1) is 5.92 Å². The molecule has 2 atom stereocenters. The van der Waals surface area contributed by atoms with Gasteiger partial charge in [0.25, 0.3) is 0 Å². The predicted molar refractivity (Wildman–Crippen MR) is 87.3 cm³/mol. The van der Waals surface area contributed by atoms with Crippen molar-refractivity contribution in [3.05, 3.63) is 23.2 Å². The lowest BCUT2D eigenvalue weighted by Gasteiger charge is -2.27. The molecule has 0 saturated heterocycles. The minimum atomic E-state index is -0.518. The van der Waals surface area contributed by atoms with Crippen molar-refractivity contribution in [3.8, 4) is 11.5 Å². The Hall–Kier alpha value is -1.26. The zero-order valence-corrected chi connectivity index (χ0v) is 14.2. The highest BCUT2D eigenvalue weighted by molar-refractivity contribution is 6.30. The number of carbonyl (C=O) groups excluding carboxylic acids is 1. The molecule has 0 aromatic heterocycles. The Kier molecular flexibility index (Phi) is 9.84. The van der Waals surface area contributed by atoms with Crippen molar-refractivity contribution in [2.24, 2.45) is 11.7 Å². The van der Waals surface area contributed by atoms with Gasteiger partial charge in [0, 0.05) is 17.0 Å². The number of benzene rings is 1. The molecule has 0 amide bonds. The van der Waals surface area contributed by atoms with Crippen LogP contribution in [0.4, 0.5) is 0 Å². The third-order valence-corrected chi connectivity index (χ3v) is 3.22. The molecule has 2 unspecified atom stereocenters. The number of nitrogens with two attached hydrogens (primary N) is 1. The average molecular weight is 316 g/mol. The molecular weight excluding hydrogens is 290 g/mol. The van der Waals surface area contributed by atoms with Crippen LogP contribution in [0.1, 0.15) is 34.1 Å². The van der Waals surface area contributed by atoms with Crippen molar-refractivity contribution in [1.29, 1.82) is 0 Å². The van der Waals surface area contributed by atoms with Gasteiger partial charge in [-0.2, -0.15) is 0 Å². The average Bonchev–Trinajstić information content (AvgIpc) is 2.56. The number of ether oxygens (including phenoxy) is 2. The summed E-state index contributed by atoms with van der Waals surface area (Å²) in [7, 11) is 1.50. The first-order chi connectivity index (χ1) is 10.1. The van der Waals surface area contributed by atoms with Gasteiger partial charge in [-0.25, -0.2) is 0 Å². The Bertz CT molecular complexity index is 438. The molecule has 1 heterocycles. The number of fused-ring (bicyclic) bond motifs is 1. The van der Waals surface area contributed by atoms with E-state index < -0.39 is 6.10 Å². The Morgan fingerprint density at radius 3 is 2.57 bits per heavy atom. The summed E-state index contributed by atoms with van der Waals surface area (Å²) in [5.74, 6) is 1.26. The third kappa shape index (κ3) is 5.56. The number of halogens is 1. The van der Waals surface area contributed by atoms with Crippen molar-refractivity contribution >= 4 is 17.4 Å². The summed E-state index contributed by atoms with van der Waals surface area (Å²) in [4.78, 5) is 12.0. The largest absolute Gasteiger partial charge is 0.485 e. The summed E-state index contributed by atoms with van der Waals surface area (Å²) in [6, 6.07) is 5.16. The number of rotatable bonds is 3. The molecule has 2 rings (SSSR count). The van der Waals surface area contributed by atoms with Gasteiger partial charge in [-0.05, 0) is 25.6 Å². The lowest BCUT2D eigenvalue weighted by atomic mass is 9.99.